The molecule has 1 aliphatic carbocycles. The number of carbonyl (C=O) groups excluding carboxylic acids is 1. The number of anilines is 1. The largest absolute Gasteiger partial charge is 0.304 e. The minimum absolute atomic E-state index is 0.00953. The number of aromatic nitrogens is 1. The third-order valence-electron chi connectivity index (χ3n) is 6.43. The lowest BCUT2D eigenvalue weighted by molar-refractivity contribution is -0.100. The van der Waals surface area contributed by atoms with E-state index in [2.05, 4.69) is 0 Å². The van der Waals surface area contributed by atoms with Crippen molar-refractivity contribution in [3.63, 3.8) is 0 Å². The molecule has 0 radical (unpaired) electrons. The topological polar surface area (TPSA) is 36.4 Å². The molecule has 1 aromatic heterocycles. The average Bonchev–Trinajstić information content (AvgIpc) is 3.50. The number of hydrogen-bond acceptors (Lipinski definition) is 3. The molecule has 0 bridgehead atoms. The van der Waals surface area contributed by atoms with Crippen LogP contribution in [0.2, 0.25) is 0 Å². The molecule has 2 aromatic rings. The molecular weight excluding hydrogens is 372 g/mol. The van der Waals surface area contributed by atoms with Gasteiger partial charge in [0.05, 0.1) is 12.2 Å². The Bertz CT molecular complexity index is 943. The summed E-state index contributed by atoms with van der Waals surface area (Å²) in [5.41, 5.74) is 4.54. The highest BCUT2D eigenvalue weighted by Gasteiger charge is 2.41. The van der Waals surface area contributed by atoms with Gasteiger partial charge in [-0.3, -0.25) is 14.7 Å². The first-order valence-electron chi connectivity index (χ1n) is 10.4. The molecule has 0 N–H and O–H groups in total. The van der Waals surface area contributed by atoms with Crippen LogP contribution in [0.15, 0.2) is 36.4 Å². The molecule has 2 aliphatic heterocycles. The lowest BCUT2D eigenvalue weighted by Crippen LogP contribution is -2.45. The number of piperidine rings is 1. The average molecular weight is 397 g/mol. The zero-order chi connectivity index (χ0) is 20.2. The fourth-order valence-corrected chi connectivity index (χ4v) is 4.51. The van der Waals surface area contributed by atoms with Gasteiger partial charge in [-0.05, 0) is 31.0 Å². The first-order valence-corrected chi connectivity index (χ1v) is 10.4. The molecule has 3 aliphatic rings. The van der Waals surface area contributed by atoms with Crippen LogP contribution in [0.3, 0.4) is 0 Å². The van der Waals surface area contributed by atoms with Crippen molar-refractivity contribution in [2.75, 3.05) is 18.0 Å². The van der Waals surface area contributed by atoms with Crippen LogP contribution >= 0.6 is 0 Å². The number of nitrogens with zero attached hydrogens (tertiary/aromatic N) is 3. The number of para-hydroxylation sites is 1. The van der Waals surface area contributed by atoms with Gasteiger partial charge in [0.2, 0.25) is 0 Å². The first-order chi connectivity index (χ1) is 13.9. The molecule has 1 saturated carbocycles. The van der Waals surface area contributed by atoms with Crippen molar-refractivity contribution >= 4 is 11.6 Å². The highest BCUT2D eigenvalue weighted by molar-refractivity contribution is 6.10. The Morgan fingerprint density at radius 3 is 2.66 bits per heavy atom. The van der Waals surface area contributed by atoms with Crippen molar-refractivity contribution in [1.82, 2.24) is 9.88 Å². The van der Waals surface area contributed by atoms with E-state index in [1.807, 2.05) is 46.2 Å². The first kappa shape index (κ1) is 18.7. The van der Waals surface area contributed by atoms with Gasteiger partial charge in [-0.25, -0.2) is 8.78 Å². The van der Waals surface area contributed by atoms with Crippen LogP contribution in [-0.4, -0.2) is 34.8 Å². The number of likely N-dealkylation sites (tertiary alicyclic amines) is 1. The molecule has 0 spiro atoms. The van der Waals surface area contributed by atoms with Crippen molar-refractivity contribution in [2.45, 2.75) is 51.1 Å². The summed E-state index contributed by atoms with van der Waals surface area (Å²) < 4.78 is 27.7. The molecule has 4 nitrogen and oxygen atoms in total. The van der Waals surface area contributed by atoms with Crippen LogP contribution in [0.1, 0.15) is 59.4 Å². The van der Waals surface area contributed by atoms with E-state index in [0.29, 0.717) is 32.1 Å². The summed E-state index contributed by atoms with van der Waals surface area (Å²) in [6.45, 7) is 3.41. The van der Waals surface area contributed by atoms with E-state index in [1.54, 1.807) is 6.92 Å². The number of carbonyl (C=O) groups is 1. The molecule has 6 heteroatoms. The molecule has 1 saturated heterocycles. The molecule has 3 heterocycles. The van der Waals surface area contributed by atoms with E-state index in [9.17, 15) is 13.6 Å². The molecule has 1 aromatic carbocycles. The maximum Gasteiger partial charge on any atom is 0.259 e. The van der Waals surface area contributed by atoms with E-state index < -0.39 is 11.8 Å². The van der Waals surface area contributed by atoms with Gasteiger partial charge in [0, 0.05) is 60.4 Å². The predicted molar refractivity (Wildman–Crippen MR) is 107 cm³/mol. The second-order valence-corrected chi connectivity index (χ2v) is 8.67. The summed E-state index contributed by atoms with van der Waals surface area (Å²) in [5.74, 6) is -2.82. The van der Waals surface area contributed by atoms with Gasteiger partial charge < -0.3 is 4.90 Å². The normalized spacial score (nSPS) is 24.0. The summed E-state index contributed by atoms with van der Waals surface area (Å²) in [5, 5.41) is 0. The molecule has 1 atom stereocenters. The number of benzene rings is 1. The second-order valence-electron chi connectivity index (χ2n) is 8.67. The number of fused-ring (bicyclic) bond motifs is 1. The number of rotatable bonds is 4. The Kier molecular flexibility index (Phi) is 4.42. The smallest absolute Gasteiger partial charge is 0.259 e. The number of halogens is 2. The third kappa shape index (κ3) is 3.44. The standard InChI is InChI=1S/C23H25F2N3O/c1-15-12-27(10-9-23(15,24)25)13-17-11-19-20(21(26-17)16-7-8-16)14-28(22(19)29)18-5-3-2-4-6-18/h2-6,11,15-16H,7-10,12-14H2,1H3/t15-/m1/s1. The zero-order valence-corrected chi connectivity index (χ0v) is 16.6. The molecule has 2 fully saturated rings. The van der Waals surface area contributed by atoms with E-state index in [0.717, 1.165) is 41.0 Å². The van der Waals surface area contributed by atoms with Gasteiger partial charge in [0.15, 0.2) is 0 Å². The summed E-state index contributed by atoms with van der Waals surface area (Å²) in [6, 6.07) is 11.6. The third-order valence-corrected chi connectivity index (χ3v) is 6.43. The van der Waals surface area contributed by atoms with Crippen LogP contribution in [0, 0.1) is 5.92 Å². The fourth-order valence-electron chi connectivity index (χ4n) is 4.51. The number of pyridine rings is 1. The van der Waals surface area contributed by atoms with Gasteiger partial charge in [0.25, 0.3) is 11.8 Å². The van der Waals surface area contributed by atoms with E-state index >= 15 is 0 Å². The molecular formula is C23H25F2N3O. The van der Waals surface area contributed by atoms with Crippen molar-refractivity contribution in [2.24, 2.45) is 5.92 Å². The van der Waals surface area contributed by atoms with Crippen LogP contribution in [-0.2, 0) is 13.1 Å². The van der Waals surface area contributed by atoms with Gasteiger partial charge >= 0.3 is 0 Å². The summed E-state index contributed by atoms with van der Waals surface area (Å²) in [7, 11) is 0. The highest BCUT2D eigenvalue weighted by atomic mass is 19.3. The van der Waals surface area contributed by atoms with Crippen LogP contribution in [0.4, 0.5) is 14.5 Å². The quantitative estimate of drug-likeness (QED) is 0.757. The summed E-state index contributed by atoms with van der Waals surface area (Å²) >= 11 is 0. The van der Waals surface area contributed by atoms with Gasteiger partial charge in [-0.2, -0.15) is 0 Å². The lowest BCUT2D eigenvalue weighted by Gasteiger charge is -2.36. The highest BCUT2D eigenvalue weighted by Crippen LogP contribution is 2.44. The maximum atomic E-state index is 13.8. The SMILES string of the molecule is C[C@@H]1CN(Cc2cc3c(c(C4CC4)n2)CN(c2ccccc2)C3=O)CCC1(F)F. The lowest BCUT2D eigenvalue weighted by atomic mass is 9.95. The van der Waals surface area contributed by atoms with Crippen molar-refractivity contribution < 1.29 is 13.6 Å². The van der Waals surface area contributed by atoms with Crippen LogP contribution in [0.25, 0.3) is 0 Å². The minimum Gasteiger partial charge on any atom is -0.304 e. The van der Waals surface area contributed by atoms with E-state index in [1.165, 1.54) is 0 Å². The van der Waals surface area contributed by atoms with Crippen molar-refractivity contribution in [3.05, 3.63) is 58.9 Å². The Balaban J connectivity index is 1.43. The van der Waals surface area contributed by atoms with E-state index in [-0.39, 0.29) is 12.3 Å². The fraction of sp³-hybridized carbons (Fsp3) is 0.478. The summed E-state index contributed by atoms with van der Waals surface area (Å²) in [4.78, 5) is 21.9. The van der Waals surface area contributed by atoms with Crippen molar-refractivity contribution in [1.29, 1.82) is 0 Å². The molecule has 1 amide bonds. The number of alkyl halides is 2. The molecule has 0 unspecified atom stereocenters. The molecule has 5 rings (SSSR count). The number of amides is 1. The van der Waals surface area contributed by atoms with Gasteiger partial charge in [0.1, 0.15) is 0 Å². The monoisotopic (exact) mass is 397 g/mol. The van der Waals surface area contributed by atoms with Gasteiger partial charge in [-0.15, -0.1) is 0 Å². The maximum absolute atomic E-state index is 13.8. The molecule has 152 valence electrons. The van der Waals surface area contributed by atoms with E-state index in [4.69, 9.17) is 4.98 Å². The number of hydrogen-bond donors (Lipinski definition) is 0. The predicted octanol–water partition coefficient (Wildman–Crippen LogP) is 4.60. The Labute approximate surface area is 169 Å². The Hall–Kier alpha value is -2.34. The van der Waals surface area contributed by atoms with Crippen molar-refractivity contribution in [3.8, 4) is 0 Å². The zero-order valence-electron chi connectivity index (χ0n) is 16.6. The Morgan fingerprint density at radius 2 is 1.97 bits per heavy atom. The second kappa shape index (κ2) is 6.87. The molecule has 29 heavy (non-hydrogen) atoms. The summed E-state index contributed by atoms with van der Waals surface area (Å²) in [6.07, 6.45) is 2.10. The Morgan fingerprint density at radius 1 is 1.21 bits per heavy atom. The van der Waals surface area contributed by atoms with Crippen LogP contribution < -0.4 is 4.90 Å². The van der Waals surface area contributed by atoms with Crippen LogP contribution in [0.5, 0.6) is 0 Å². The minimum atomic E-state index is -2.59. The van der Waals surface area contributed by atoms with Gasteiger partial charge in [-0.1, -0.05) is 25.1 Å².